The molecule has 2 N–H and O–H groups in total. The second-order valence-corrected chi connectivity index (χ2v) is 4.61. The van der Waals surface area contributed by atoms with Gasteiger partial charge < -0.3 is 10.1 Å². The second kappa shape index (κ2) is 7.12. The standard InChI is InChI=1S/C14H15F3N4O2/c1-2-23-13(22)7-11-19-12(21-20-11)8-18-10-5-3-9(4-6-10)14(15,16)17/h3-6,18H,2,7-8H2,1H3,(H,19,20,21). The summed E-state index contributed by atoms with van der Waals surface area (Å²) in [5.74, 6) is 0.339. The average molecular weight is 328 g/mol. The number of esters is 1. The number of benzene rings is 1. The van der Waals surface area contributed by atoms with Crippen LogP contribution in [0.4, 0.5) is 18.9 Å². The quantitative estimate of drug-likeness (QED) is 0.797. The molecule has 2 aromatic rings. The molecule has 0 unspecified atom stereocenters. The van der Waals surface area contributed by atoms with E-state index < -0.39 is 17.7 Å². The molecule has 1 aromatic carbocycles. The minimum atomic E-state index is -4.36. The lowest BCUT2D eigenvalue weighted by Gasteiger charge is -2.08. The first-order valence-corrected chi connectivity index (χ1v) is 6.85. The molecule has 0 aliphatic heterocycles. The summed E-state index contributed by atoms with van der Waals surface area (Å²) >= 11 is 0. The summed E-state index contributed by atoms with van der Waals surface area (Å²) in [6, 6.07) is 4.65. The molecule has 6 nitrogen and oxygen atoms in total. The van der Waals surface area contributed by atoms with Crippen LogP contribution in [0.25, 0.3) is 0 Å². The number of carbonyl (C=O) groups is 1. The van der Waals surface area contributed by atoms with E-state index in [4.69, 9.17) is 4.74 Å². The van der Waals surface area contributed by atoms with E-state index in [2.05, 4.69) is 20.5 Å². The molecular weight excluding hydrogens is 313 g/mol. The van der Waals surface area contributed by atoms with E-state index in [1.54, 1.807) is 6.92 Å². The molecule has 124 valence electrons. The molecule has 0 aliphatic carbocycles. The Morgan fingerprint density at radius 3 is 2.61 bits per heavy atom. The Morgan fingerprint density at radius 1 is 1.30 bits per heavy atom. The van der Waals surface area contributed by atoms with Gasteiger partial charge in [0, 0.05) is 5.69 Å². The number of nitrogens with zero attached hydrogens (tertiary/aromatic N) is 2. The van der Waals surface area contributed by atoms with Crippen LogP contribution in [-0.2, 0) is 28.7 Å². The van der Waals surface area contributed by atoms with Gasteiger partial charge in [0.1, 0.15) is 12.2 Å². The van der Waals surface area contributed by atoms with Crippen molar-refractivity contribution in [3.8, 4) is 0 Å². The molecular formula is C14H15F3N4O2. The van der Waals surface area contributed by atoms with Crippen LogP contribution in [0.1, 0.15) is 24.1 Å². The molecule has 23 heavy (non-hydrogen) atoms. The number of hydrogen-bond acceptors (Lipinski definition) is 5. The van der Waals surface area contributed by atoms with Gasteiger partial charge in [0.25, 0.3) is 0 Å². The number of nitrogens with one attached hydrogen (secondary N) is 2. The first-order valence-electron chi connectivity index (χ1n) is 6.85. The number of carbonyl (C=O) groups excluding carboxylic acids is 1. The van der Waals surface area contributed by atoms with Crippen LogP contribution in [-0.4, -0.2) is 27.8 Å². The van der Waals surface area contributed by atoms with E-state index in [-0.39, 0.29) is 19.6 Å². The summed E-state index contributed by atoms with van der Waals surface area (Å²) in [6.07, 6.45) is -4.39. The number of aromatic nitrogens is 3. The van der Waals surface area contributed by atoms with E-state index in [0.29, 0.717) is 17.3 Å². The molecule has 0 aliphatic rings. The zero-order valence-electron chi connectivity index (χ0n) is 12.3. The molecule has 0 amide bonds. The van der Waals surface area contributed by atoms with Gasteiger partial charge in [-0.15, -0.1) is 0 Å². The predicted octanol–water partition coefficient (Wildman–Crippen LogP) is 2.54. The third-order valence-corrected chi connectivity index (χ3v) is 2.86. The topological polar surface area (TPSA) is 79.9 Å². The van der Waals surface area contributed by atoms with E-state index in [1.807, 2.05) is 0 Å². The molecule has 0 saturated heterocycles. The molecule has 0 saturated carbocycles. The van der Waals surface area contributed by atoms with Crippen LogP contribution < -0.4 is 5.32 Å². The Bertz CT molecular complexity index is 653. The fourth-order valence-electron chi connectivity index (χ4n) is 1.80. The van der Waals surface area contributed by atoms with Gasteiger partial charge in [-0.25, -0.2) is 4.98 Å². The summed E-state index contributed by atoms with van der Waals surface area (Å²) in [5.41, 5.74) is -0.194. The first kappa shape index (κ1) is 16.8. The number of halogens is 3. The highest BCUT2D eigenvalue weighted by Gasteiger charge is 2.29. The number of alkyl halides is 3. The predicted molar refractivity (Wildman–Crippen MR) is 75.5 cm³/mol. The summed E-state index contributed by atoms with van der Waals surface area (Å²) in [7, 11) is 0. The van der Waals surface area contributed by atoms with Crippen LogP contribution in [0.15, 0.2) is 24.3 Å². The molecule has 1 heterocycles. The van der Waals surface area contributed by atoms with Crippen LogP contribution in [0.2, 0.25) is 0 Å². The molecule has 0 radical (unpaired) electrons. The van der Waals surface area contributed by atoms with Crippen molar-refractivity contribution in [3.63, 3.8) is 0 Å². The fourth-order valence-corrected chi connectivity index (χ4v) is 1.80. The Kier molecular flexibility index (Phi) is 5.20. The van der Waals surface area contributed by atoms with Crippen molar-refractivity contribution < 1.29 is 22.7 Å². The highest BCUT2D eigenvalue weighted by molar-refractivity contribution is 5.71. The Balaban J connectivity index is 1.89. The highest BCUT2D eigenvalue weighted by atomic mass is 19.4. The van der Waals surface area contributed by atoms with Crippen LogP contribution in [0.3, 0.4) is 0 Å². The van der Waals surface area contributed by atoms with Gasteiger partial charge in [-0.3, -0.25) is 9.89 Å². The Labute approximate surface area is 130 Å². The lowest BCUT2D eigenvalue weighted by Crippen LogP contribution is -2.09. The summed E-state index contributed by atoms with van der Waals surface area (Å²) in [6.45, 7) is 2.22. The molecule has 1 aromatic heterocycles. The van der Waals surface area contributed by atoms with Gasteiger partial charge in [-0.2, -0.15) is 18.3 Å². The Morgan fingerprint density at radius 2 is 2.00 bits per heavy atom. The van der Waals surface area contributed by atoms with Crippen molar-refractivity contribution in [2.45, 2.75) is 26.1 Å². The van der Waals surface area contributed by atoms with Crippen molar-refractivity contribution in [2.24, 2.45) is 0 Å². The normalized spacial score (nSPS) is 11.3. The largest absolute Gasteiger partial charge is 0.466 e. The van der Waals surface area contributed by atoms with Gasteiger partial charge in [0.15, 0.2) is 5.82 Å². The van der Waals surface area contributed by atoms with Gasteiger partial charge >= 0.3 is 12.1 Å². The molecule has 0 spiro atoms. The maximum Gasteiger partial charge on any atom is 0.416 e. The van der Waals surface area contributed by atoms with E-state index in [9.17, 15) is 18.0 Å². The summed E-state index contributed by atoms with van der Waals surface area (Å²) in [5, 5.41) is 9.43. The summed E-state index contributed by atoms with van der Waals surface area (Å²) < 4.78 is 42.1. The average Bonchev–Trinajstić information content (AvgIpc) is 2.92. The second-order valence-electron chi connectivity index (χ2n) is 4.61. The lowest BCUT2D eigenvalue weighted by molar-refractivity contribution is -0.142. The maximum absolute atomic E-state index is 12.5. The minimum Gasteiger partial charge on any atom is -0.466 e. The van der Waals surface area contributed by atoms with Gasteiger partial charge in [0.2, 0.25) is 0 Å². The molecule has 9 heteroatoms. The van der Waals surface area contributed by atoms with Crippen molar-refractivity contribution in [3.05, 3.63) is 41.5 Å². The zero-order valence-corrected chi connectivity index (χ0v) is 12.3. The smallest absolute Gasteiger partial charge is 0.416 e. The SMILES string of the molecule is CCOC(=O)Cc1n[nH]c(CNc2ccc(C(F)(F)F)cc2)n1. The van der Waals surface area contributed by atoms with Crippen molar-refractivity contribution in [2.75, 3.05) is 11.9 Å². The van der Waals surface area contributed by atoms with Crippen LogP contribution >= 0.6 is 0 Å². The number of anilines is 1. The Hall–Kier alpha value is -2.58. The number of rotatable bonds is 6. The van der Waals surface area contributed by atoms with Gasteiger partial charge in [-0.1, -0.05) is 0 Å². The zero-order chi connectivity index (χ0) is 16.9. The fraction of sp³-hybridized carbons (Fsp3) is 0.357. The van der Waals surface area contributed by atoms with E-state index in [1.165, 1.54) is 12.1 Å². The van der Waals surface area contributed by atoms with Crippen LogP contribution in [0, 0.1) is 0 Å². The molecule has 0 atom stereocenters. The van der Waals surface area contributed by atoms with Crippen LogP contribution in [0.5, 0.6) is 0 Å². The monoisotopic (exact) mass is 328 g/mol. The van der Waals surface area contributed by atoms with E-state index in [0.717, 1.165) is 12.1 Å². The maximum atomic E-state index is 12.5. The molecule has 0 bridgehead atoms. The number of aromatic amines is 1. The van der Waals surface area contributed by atoms with Crippen molar-refractivity contribution >= 4 is 11.7 Å². The van der Waals surface area contributed by atoms with Crippen molar-refractivity contribution in [1.29, 1.82) is 0 Å². The van der Waals surface area contributed by atoms with Gasteiger partial charge in [-0.05, 0) is 31.2 Å². The van der Waals surface area contributed by atoms with E-state index >= 15 is 0 Å². The third-order valence-electron chi connectivity index (χ3n) is 2.86. The summed E-state index contributed by atoms with van der Waals surface area (Å²) in [4.78, 5) is 15.4. The molecule has 2 rings (SSSR count). The number of ether oxygens (including phenoxy) is 1. The minimum absolute atomic E-state index is 0.0371. The lowest BCUT2D eigenvalue weighted by atomic mass is 10.2. The number of H-pyrrole nitrogens is 1. The highest BCUT2D eigenvalue weighted by Crippen LogP contribution is 2.29. The molecule has 0 fully saturated rings. The number of hydrogen-bond donors (Lipinski definition) is 2. The first-order chi connectivity index (χ1) is 10.9. The third kappa shape index (κ3) is 4.97. The van der Waals surface area contributed by atoms with Gasteiger partial charge in [0.05, 0.1) is 18.7 Å². The van der Waals surface area contributed by atoms with Crippen molar-refractivity contribution in [1.82, 2.24) is 15.2 Å².